The van der Waals surface area contributed by atoms with Crippen molar-refractivity contribution in [2.45, 2.75) is 44.6 Å². The summed E-state index contributed by atoms with van der Waals surface area (Å²) in [5.74, 6) is 0.226. The van der Waals surface area contributed by atoms with Gasteiger partial charge in [-0.05, 0) is 25.8 Å². The molecule has 1 amide bonds. The quantitative estimate of drug-likeness (QED) is 0.579. The van der Waals surface area contributed by atoms with Gasteiger partial charge < -0.3 is 11.1 Å². The number of carbonyl (C=O) groups excluding carboxylic acids is 1. The molecule has 1 fully saturated rings. The number of amides is 1. The highest BCUT2D eigenvalue weighted by Crippen LogP contribution is 2.30. The highest BCUT2D eigenvalue weighted by Gasteiger charge is 2.51. The molecule has 0 aromatic heterocycles. The third kappa shape index (κ3) is 1.97. The first-order valence-electron chi connectivity index (χ1n) is 4.78. The van der Waals surface area contributed by atoms with E-state index in [1.54, 1.807) is 0 Å². The molecule has 3 N–H and O–H groups in total. The molecule has 1 heterocycles. The van der Waals surface area contributed by atoms with Crippen LogP contribution in [0.1, 0.15) is 39.0 Å². The van der Waals surface area contributed by atoms with E-state index in [9.17, 15) is 4.79 Å². The van der Waals surface area contributed by atoms with Crippen molar-refractivity contribution in [2.24, 2.45) is 5.73 Å². The Hall–Kier alpha value is -0.570. The molecule has 0 aromatic rings. The second-order valence-electron chi connectivity index (χ2n) is 3.53. The van der Waals surface area contributed by atoms with Crippen LogP contribution in [0.15, 0.2) is 0 Å². The number of nitrogens with two attached hydrogens (primary N) is 1. The Labute approximate surface area is 73.7 Å². The Bertz CT molecular complexity index is 160. The van der Waals surface area contributed by atoms with Crippen molar-refractivity contribution >= 4 is 5.91 Å². The first-order chi connectivity index (χ1) is 5.75. The average molecular weight is 170 g/mol. The molecule has 70 valence electrons. The Morgan fingerprint density at radius 3 is 2.42 bits per heavy atom. The van der Waals surface area contributed by atoms with Gasteiger partial charge >= 0.3 is 0 Å². The van der Waals surface area contributed by atoms with Crippen LogP contribution >= 0.6 is 0 Å². The molecule has 0 bridgehead atoms. The van der Waals surface area contributed by atoms with E-state index in [1.807, 2.05) is 0 Å². The molecule has 1 aliphatic heterocycles. The zero-order valence-electron chi connectivity index (χ0n) is 7.73. The fourth-order valence-corrected chi connectivity index (χ4v) is 1.55. The monoisotopic (exact) mass is 170 g/mol. The Morgan fingerprint density at radius 1 is 1.42 bits per heavy atom. The molecule has 0 saturated carbocycles. The highest BCUT2D eigenvalue weighted by atomic mass is 16.2. The number of carbonyl (C=O) groups is 1. The lowest BCUT2D eigenvalue weighted by molar-refractivity contribution is -0.112. The molecule has 0 aliphatic carbocycles. The van der Waals surface area contributed by atoms with E-state index in [1.165, 1.54) is 0 Å². The molecule has 12 heavy (non-hydrogen) atoms. The zero-order chi connectivity index (χ0) is 9.03. The van der Waals surface area contributed by atoms with Crippen LogP contribution in [0.25, 0.3) is 0 Å². The Morgan fingerprint density at radius 2 is 2.00 bits per heavy atom. The molecule has 0 spiro atoms. The Kier molecular flexibility index (Phi) is 3.09. The summed E-state index contributed by atoms with van der Waals surface area (Å²) < 4.78 is 0. The van der Waals surface area contributed by atoms with Crippen molar-refractivity contribution in [1.82, 2.24) is 5.32 Å². The van der Waals surface area contributed by atoms with Crippen LogP contribution < -0.4 is 11.1 Å². The van der Waals surface area contributed by atoms with Crippen molar-refractivity contribution in [1.29, 1.82) is 0 Å². The molecular formula is C9H18N2O. The fourth-order valence-electron chi connectivity index (χ4n) is 1.55. The van der Waals surface area contributed by atoms with E-state index in [4.69, 9.17) is 5.73 Å². The van der Waals surface area contributed by atoms with Crippen LogP contribution in [0.3, 0.4) is 0 Å². The minimum absolute atomic E-state index is 0.157. The number of rotatable bonds is 6. The average Bonchev–Trinajstić information content (AvgIpc) is 2.71. The van der Waals surface area contributed by atoms with E-state index in [2.05, 4.69) is 12.2 Å². The third-order valence-corrected chi connectivity index (χ3v) is 2.49. The number of nitrogens with one attached hydrogen (secondary N) is 1. The molecule has 1 saturated heterocycles. The second kappa shape index (κ2) is 3.90. The maximum atomic E-state index is 11.1. The van der Waals surface area contributed by atoms with E-state index >= 15 is 0 Å². The van der Waals surface area contributed by atoms with Crippen LogP contribution in [0, 0.1) is 0 Å². The van der Waals surface area contributed by atoms with Crippen LogP contribution in [-0.2, 0) is 4.79 Å². The number of hydrogen-bond donors (Lipinski definition) is 2. The summed E-state index contributed by atoms with van der Waals surface area (Å²) in [4.78, 5) is 11.1. The van der Waals surface area contributed by atoms with E-state index < -0.39 is 0 Å². The number of unbranched alkanes of at least 4 members (excludes halogenated alkanes) is 1. The van der Waals surface area contributed by atoms with Gasteiger partial charge in [0.25, 0.3) is 0 Å². The van der Waals surface area contributed by atoms with E-state index in [-0.39, 0.29) is 11.4 Å². The molecule has 1 aliphatic rings. The van der Waals surface area contributed by atoms with Crippen molar-refractivity contribution in [3.8, 4) is 0 Å². The smallest absolute Gasteiger partial charge is 0.246 e. The van der Waals surface area contributed by atoms with Crippen LogP contribution in [0.5, 0.6) is 0 Å². The van der Waals surface area contributed by atoms with Gasteiger partial charge in [-0.3, -0.25) is 4.79 Å². The summed E-state index contributed by atoms with van der Waals surface area (Å²) in [5.41, 5.74) is 5.24. The highest BCUT2D eigenvalue weighted by molar-refractivity contribution is 6.01. The number of hydrogen-bond acceptors (Lipinski definition) is 2. The lowest BCUT2D eigenvalue weighted by Crippen LogP contribution is -2.18. The standard InChI is InChI=1S/C9H18N2O/c1-2-3-5-9(6-4-7-10)8(12)11-9/h2-7,10H2,1H3,(H,11,12). The minimum Gasteiger partial charge on any atom is -0.340 e. The van der Waals surface area contributed by atoms with Gasteiger partial charge in [0, 0.05) is 0 Å². The largest absolute Gasteiger partial charge is 0.340 e. The van der Waals surface area contributed by atoms with Gasteiger partial charge in [0.05, 0.1) is 0 Å². The molecule has 3 nitrogen and oxygen atoms in total. The van der Waals surface area contributed by atoms with E-state index in [0.29, 0.717) is 6.54 Å². The first kappa shape index (κ1) is 9.52. The van der Waals surface area contributed by atoms with Crippen LogP contribution in [0.4, 0.5) is 0 Å². The predicted octanol–water partition coefficient (Wildman–Crippen LogP) is 0.784. The van der Waals surface area contributed by atoms with Gasteiger partial charge in [0.15, 0.2) is 0 Å². The topological polar surface area (TPSA) is 65.0 Å². The normalized spacial score (nSPS) is 27.0. The third-order valence-electron chi connectivity index (χ3n) is 2.49. The minimum atomic E-state index is -0.157. The fraction of sp³-hybridized carbons (Fsp3) is 0.889. The van der Waals surface area contributed by atoms with Crippen LogP contribution in [0.2, 0.25) is 0 Å². The molecule has 1 unspecified atom stereocenters. The van der Waals surface area contributed by atoms with Gasteiger partial charge in [-0.15, -0.1) is 0 Å². The van der Waals surface area contributed by atoms with Gasteiger partial charge in [0.2, 0.25) is 5.91 Å². The maximum absolute atomic E-state index is 11.1. The maximum Gasteiger partial charge on any atom is 0.246 e. The predicted molar refractivity (Wildman–Crippen MR) is 48.7 cm³/mol. The van der Waals surface area contributed by atoms with Crippen molar-refractivity contribution < 1.29 is 4.79 Å². The molecule has 1 atom stereocenters. The summed E-state index contributed by atoms with van der Waals surface area (Å²) in [6, 6.07) is 0. The zero-order valence-corrected chi connectivity index (χ0v) is 7.73. The van der Waals surface area contributed by atoms with Crippen molar-refractivity contribution in [3.05, 3.63) is 0 Å². The van der Waals surface area contributed by atoms with Crippen molar-refractivity contribution in [3.63, 3.8) is 0 Å². The lowest BCUT2D eigenvalue weighted by Gasteiger charge is -2.08. The summed E-state index contributed by atoms with van der Waals surface area (Å²) in [7, 11) is 0. The van der Waals surface area contributed by atoms with E-state index in [0.717, 1.165) is 32.1 Å². The molecule has 3 heteroatoms. The van der Waals surface area contributed by atoms with Gasteiger partial charge in [0.1, 0.15) is 5.54 Å². The molecular weight excluding hydrogens is 152 g/mol. The summed E-state index contributed by atoms with van der Waals surface area (Å²) >= 11 is 0. The van der Waals surface area contributed by atoms with Gasteiger partial charge in [-0.2, -0.15) is 0 Å². The summed E-state index contributed by atoms with van der Waals surface area (Å²) in [6.07, 6.45) is 5.13. The van der Waals surface area contributed by atoms with Gasteiger partial charge in [-0.1, -0.05) is 19.8 Å². The molecule has 1 rings (SSSR count). The molecule has 0 aromatic carbocycles. The van der Waals surface area contributed by atoms with Gasteiger partial charge in [-0.25, -0.2) is 0 Å². The molecule has 0 radical (unpaired) electrons. The second-order valence-corrected chi connectivity index (χ2v) is 3.53. The lowest BCUT2D eigenvalue weighted by atomic mass is 9.96. The SMILES string of the molecule is CCCCC1(CCCN)NC1=O. The van der Waals surface area contributed by atoms with Crippen molar-refractivity contribution in [2.75, 3.05) is 6.54 Å². The summed E-state index contributed by atoms with van der Waals surface area (Å²) in [5, 5.41) is 2.92. The Balaban J connectivity index is 2.27. The first-order valence-corrected chi connectivity index (χ1v) is 4.78. The summed E-state index contributed by atoms with van der Waals surface area (Å²) in [6.45, 7) is 2.83. The van der Waals surface area contributed by atoms with Crippen LogP contribution in [-0.4, -0.2) is 18.0 Å².